The number of amides is 2. The average molecular weight is 329 g/mol. The summed E-state index contributed by atoms with van der Waals surface area (Å²) in [7, 11) is 0. The molecule has 2 amide bonds. The molecule has 0 unspecified atom stereocenters. The molecule has 0 bridgehead atoms. The van der Waals surface area contributed by atoms with Crippen LogP contribution in [-0.2, 0) is 32.7 Å². The zero-order valence-corrected chi connectivity index (χ0v) is 13.0. The Bertz CT molecular complexity index is 466. The minimum absolute atomic E-state index is 0. The van der Waals surface area contributed by atoms with Crippen LogP contribution in [0.1, 0.15) is 20.7 Å². The standard InChI is InChI=1S/2C7H7NO.Y/c2*8-7(9)6-4-2-1-3-5-6;/h2*1-5H,(H2,8,9);/p-2. The SMILES string of the molecule is [NH-]C(=O)c1ccccc1.[NH-]C(=O)c1ccccc1.[Y]. The van der Waals surface area contributed by atoms with Crippen molar-refractivity contribution in [3.05, 3.63) is 83.3 Å². The Morgan fingerprint density at radius 2 is 0.895 bits per heavy atom. The summed E-state index contributed by atoms with van der Waals surface area (Å²) in [6, 6.07) is 17.1. The van der Waals surface area contributed by atoms with Crippen molar-refractivity contribution in [3.63, 3.8) is 0 Å². The predicted molar refractivity (Wildman–Crippen MR) is 70.2 cm³/mol. The van der Waals surface area contributed by atoms with Crippen LogP contribution in [0, 0.1) is 0 Å². The van der Waals surface area contributed by atoms with Crippen LogP contribution >= 0.6 is 0 Å². The maximum Gasteiger partial charge on any atom is 0.0796 e. The Balaban J connectivity index is 0.000000324. The Hall–Kier alpha value is -1.52. The summed E-state index contributed by atoms with van der Waals surface area (Å²) in [6.45, 7) is 0. The van der Waals surface area contributed by atoms with Crippen molar-refractivity contribution in [2.45, 2.75) is 0 Å². The number of carbonyl (C=O) groups excluding carboxylic acids is 2. The maximum atomic E-state index is 10.3. The summed E-state index contributed by atoms with van der Waals surface area (Å²) < 4.78 is 0. The summed E-state index contributed by atoms with van der Waals surface area (Å²) in [5.41, 5.74) is 14.2. The van der Waals surface area contributed by atoms with Gasteiger partial charge in [-0.1, -0.05) is 60.7 Å². The third kappa shape index (κ3) is 6.84. The van der Waals surface area contributed by atoms with Gasteiger partial charge in [0.05, 0.1) is 11.8 Å². The van der Waals surface area contributed by atoms with E-state index >= 15 is 0 Å². The summed E-state index contributed by atoms with van der Waals surface area (Å²) in [5, 5.41) is 0. The van der Waals surface area contributed by atoms with Gasteiger partial charge in [-0.25, -0.2) is 0 Å². The van der Waals surface area contributed by atoms with E-state index in [0.29, 0.717) is 11.1 Å². The predicted octanol–water partition coefficient (Wildman–Crippen LogP) is 3.76. The molecule has 0 atom stereocenters. The fourth-order valence-corrected chi connectivity index (χ4v) is 1.18. The molecule has 0 aromatic heterocycles. The summed E-state index contributed by atoms with van der Waals surface area (Å²) in [5.74, 6) is -1.26. The molecule has 0 fully saturated rings. The molecule has 0 aliphatic carbocycles. The van der Waals surface area contributed by atoms with Gasteiger partial charge in [0, 0.05) is 32.7 Å². The van der Waals surface area contributed by atoms with Crippen LogP contribution in [0.15, 0.2) is 60.7 Å². The van der Waals surface area contributed by atoms with Gasteiger partial charge in [-0.3, -0.25) is 0 Å². The number of hydrogen-bond donors (Lipinski definition) is 0. The van der Waals surface area contributed by atoms with Crippen molar-refractivity contribution in [1.82, 2.24) is 0 Å². The molecule has 0 aliphatic heterocycles. The number of benzene rings is 2. The number of nitrogens with one attached hydrogen (secondary N) is 2. The van der Waals surface area contributed by atoms with Gasteiger partial charge in [0.15, 0.2) is 0 Å². The van der Waals surface area contributed by atoms with Crippen molar-refractivity contribution in [2.24, 2.45) is 0 Å². The van der Waals surface area contributed by atoms with Crippen molar-refractivity contribution in [3.8, 4) is 0 Å². The monoisotopic (exact) mass is 329 g/mol. The van der Waals surface area contributed by atoms with E-state index in [1.165, 1.54) is 0 Å². The minimum atomic E-state index is -0.629. The smallest absolute Gasteiger partial charge is 0.0796 e. The Labute approximate surface area is 137 Å². The molecule has 0 saturated heterocycles. The van der Waals surface area contributed by atoms with Crippen LogP contribution in [0.4, 0.5) is 0 Å². The molecule has 0 spiro atoms. The van der Waals surface area contributed by atoms with Crippen LogP contribution in [0.2, 0.25) is 0 Å². The van der Waals surface area contributed by atoms with Gasteiger partial charge >= 0.3 is 0 Å². The zero-order valence-electron chi connectivity index (χ0n) is 10.2. The van der Waals surface area contributed by atoms with Crippen LogP contribution in [0.3, 0.4) is 0 Å². The van der Waals surface area contributed by atoms with E-state index in [2.05, 4.69) is 0 Å². The van der Waals surface area contributed by atoms with Crippen molar-refractivity contribution in [1.29, 1.82) is 0 Å². The molecule has 1 radical (unpaired) electrons. The van der Waals surface area contributed by atoms with Gasteiger partial charge < -0.3 is 21.1 Å². The Kier molecular flexibility index (Phi) is 8.67. The third-order valence-corrected chi connectivity index (χ3v) is 2.07. The van der Waals surface area contributed by atoms with Crippen molar-refractivity contribution < 1.29 is 42.3 Å². The molecular weight excluding hydrogens is 317 g/mol. The zero-order chi connectivity index (χ0) is 13.4. The van der Waals surface area contributed by atoms with E-state index < -0.39 is 11.8 Å². The van der Waals surface area contributed by atoms with E-state index in [1.807, 2.05) is 12.1 Å². The molecule has 19 heavy (non-hydrogen) atoms. The number of rotatable bonds is 2. The molecule has 4 nitrogen and oxygen atoms in total. The maximum absolute atomic E-state index is 10.3. The molecule has 2 rings (SSSR count). The molecule has 2 aromatic rings. The summed E-state index contributed by atoms with van der Waals surface area (Å²) >= 11 is 0. The number of carbonyl (C=O) groups is 2. The van der Waals surface area contributed by atoms with Crippen LogP contribution in [0.5, 0.6) is 0 Å². The minimum Gasteiger partial charge on any atom is -0.664 e. The van der Waals surface area contributed by atoms with Gasteiger partial charge in [0.25, 0.3) is 0 Å². The largest absolute Gasteiger partial charge is 0.664 e. The van der Waals surface area contributed by atoms with Gasteiger partial charge in [-0.15, -0.1) is 0 Å². The quantitative estimate of drug-likeness (QED) is 0.840. The van der Waals surface area contributed by atoms with Gasteiger partial charge in [0.1, 0.15) is 0 Å². The van der Waals surface area contributed by atoms with E-state index in [9.17, 15) is 9.59 Å². The molecule has 0 aliphatic rings. The second-order valence-corrected chi connectivity index (χ2v) is 3.39. The topological polar surface area (TPSA) is 81.7 Å². The fourth-order valence-electron chi connectivity index (χ4n) is 1.18. The first-order chi connectivity index (χ1) is 8.61. The second kappa shape index (κ2) is 9.42. The molecule has 0 heterocycles. The van der Waals surface area contributed by atoms with E-state index in [-0.39, 0.29) is 32.7 Å². The van der Waals surface area contributed by atoms with E-state index in [1.54, 1.807) is 48.5 Å². The Morgan fingerprint density at radius 1 is 0.632 bits per heavy atom. The summed E-state index contributed by atoms with van der Waals surface area (Å²) in [4.78, 5) is 20.6. The molecule has 2 N–H and O–H groups in total. The Morgan fingerprint density at radius 3 is 1.05 bits per heavy atom. The fraction of sp³-hybridized carbons (Fsp3) is 0. The van der Waals surface area contributed by atoms with Crippen molar-refractivity contribution in [2.75, 3.05) is 0 Å². The molecule has 0 saturated carbocycles. The number of hydrogen-bond acceptors (Lipinski definition) is 2. The first-order valence-corrected chi connectivity index (χ1v) is 5.23. The summed E-state index contributed by atoms with van der Waals surface area (Å²) in [6.07, 6.45) is 0. The first-order valence-electron chi connectivity index (χ1n) is 5.23. The first kappa shape index (κ1) is 17.5. The van der Waals surface area contributed by atoms with Crippen LogP contribution in [-0.4, -0.2) is 11.8 Å². The van der Waals surface area contributed by atoms with Gasteiger partial charge in [-0.05, 0) is 11.1 Å². The van der Waals surface area contributed by atoms with E-state index in [0.717, 1.165) is 0 Å². The van der Waals surface area contributed by atoms with Gasteiger partial charge in [0.2, 0.25) is 0 Å². The third-order valence-electron chi connectivity index (χ3n) is 2.07. The van der Waals surface area contributed by atoms with Crippen molar-refractivity contribution >= 4 is 11.8 Å². The average Bonchev–Trinajstić information content (AvgIpc) is 2.41. The molecule has 5 heteroatoms. The van der Waals surface area contributed by atoms with Crippen LogP contribution in [0.25, 0.3) is 11.5 Å². The molecular formula is C14H12N2O2Y-2. The van der Waals surface area contributed by atoms with Gasteiger partial charge in [-0.2, -0.15) is 0 Å². The normalized spacial score (nSPS) is 8.42. The van der Waals surface area contributed by atoms with E-state index in [4.69, 9.17) is 11.5 Å². The molecule has 95 valence electrons. The van der Waals surface area contributed by atoms with Crippen LogP contribution < -0.4 is 0 Å². The molecule has 2 aromatic carbocycles. The second-order valence-electron chi connectivity index (χ2n) is 3.39.